The quantitative estimate of drug-likeness (QED) is 0.290. The molecule has 170 valence electrons. The van der Waals surface area contributed by atoms with Crippen LogP contribution in [-0.2, 0) is 15.6 Å². The van der Waals surface area contributed by atoms with Crippen LogP contribution in [0.15, 0.2) is 66.9 Å². The van der Waals surface area contributed by atoms with Gasteiger partial charge in [0.2, 0.25) is 10.9 Å². The van der Waals surface area contributed by atoms with Gasteiger partial charge in [-0.25, -0.2) is 26.3 Å². The number of nitrogens with zero attached hydrogens (tertiary/aromatic N) is 2. The van der Waals surface area contributed by atoms with E-state index in [0.717, 1.165) is 18.2 Å². The molecule has 0 amide bonds. The SMILES string of the molecule is CCOC(=O)c1ccc(F)c(N(c2cn(-c3ccccc3)c3cc(Cl)c(F)cc23)[SH](=O)=O)c1. The Hall–Kier alpha value is -3.43. The molecule has 0 fully saturated rings. The Kier molecular flexibility index (Phi) is 6.35. The number of carbonyl (C=O) groups excluding carboxylic acids is 1. The molecular formula is C23H17ClF2N2O4S. The second kappa shape index (κ2) is 9.21. The number of hydrogen-bond donors (Lipinski definition) is 1. The summed E-state index contributed by atoms with van der Waals surface area (Å²) in [4.78, 5) is 12.1. The molecule has 0 saturated heterocycles. The highest BCUT2D eigenvalue weighted by Crippen LogP contribution is 2.39. The van der Waals surface area contributed by atoms with Crippen molar-refractivity contribution in [2.45, 2.75) is 6.92 Å². The Balaban J connectivity index is 1.99. The maximum Gasteiger partial charge on any atom is 0.338 e. The van der Waals surface area contributed by atoms with Gasteiger partial charge in [-0.3, -0.25) is 0 Å². The number of ether oxygens (including phenoxy) is 1. The third-order valence-electron chi connectivity index (χ3n) is 4.94. The van der Waals surface area contributed by atoms with Crippen molar-refractivity contribution < 1.29 is 26.7 Å². The first-order valence-corrected chi connectivity index (χ1v) is 11.3. The Morgan fingerprint density at radius 2 is 1.76 bits per heavy atom. The van der Waals surface area contributed by atoms with E-state index < -0.39 is 34.2 Å². The van der Waals surface area contributed by atoms with E-state index in [-0.39, 0.29) is 28.3 Å². The minimum Gasteiger partial charge on any atom is -0.462 e. The maximum absolute atomic E-state index is 14.8. The molecule has 33 heavy (non-hydrogen) atoms. The van der Waals surface area contributed by atoms with Gasteiger partial charge >= 0.3 is 5.97 Å². The fourth-order valence-electron chi connectivity index (χ4n) is 3.50. The molecule has 1 aromatic heterocycles. The van der Waals surface area contributed by atoms with Crippen molar-refractivity contribution >= 4 is 50.7 Å². The molecular weight excluding hydrogens is 474 g/mol. The topological polar surface area (TPSA) is 68.6 Å². The van der Waals surface area contributed by atoms with Crippen molar-refractivity contribution in [3.63, 3.8) is 0 Å². The van der Waals surface area contributed by atoms with Crippen LogP contribution >= 0.6 is 11.6 Å². The number of esters is 1. The molecule has 0 aliphatic rings. The Bertz CT molecular complexity index is 1430. The third-order valence-corrected chi connectivity index (χ3v) is 5.98. The van der Waals surface area contributed by atoms with Crippen LogP contribution < -0.4 is 4.31 Å². The van der Waals surface area contributed by atoms with Gasteiger partial charge < -0.3 is 9.30 Å². The lowest BCUT2D eigenvalue weighted by molar-refractivity contribution is 0.0526. The molecule has 0 unspecified atom stereocenters. The monoisotopic (exact) mass is 490 g/mol. The van der Waals surface area contributed by atoms with Gasteiger partial charge in [-0.2, -0.15) is 0 Å². The predicted molar refractivity (Wildman–Crippen MR) is 123 cm³/mol. The highest BCUT2D eigenvalue weighted by Gasteiger charge is 2.24. The minimum atomic E-state index is -3.45. The van der Waals surface area contributed by atoms with Crippen LogP contribution in [0, 0.1) is 11.6 Å². The number of carbonyl (C=O) groups is 1. The number of thiol groups is 1. The molecule has 0 spiro atoms. The molecule has 10 heteroatoms. The highest BCUT2D eigenvalue weighted by molar-refractivity contribution is 7.74. The first kappa shape index (κ1) is 22.8. The molecule has 6 nitrogen and oxygen atoms in total. The van der Waals surface area contributed by atoms with Gasteiger partial charge in [0, 0.05) is 17.3 Å². The summed E-state index contributed by atoms with van der Waals surface area (Å²) in [5.74, 6) is -2.39. The summed E-state index contributed by atoms with van der Waals surface area (Å²) in [6.45, 7) is 1.71. The van der Waals surface area contributed by atoms with Crippen LogP contribution in [-0.4, -0.2) is 25.6 Å². The average Bonchev–Trinajstić information content (AvgIpc) is 3.14. The number of benzene rings is 3. The standard InChI is InChI=1S/C23H17ClF2N2O4S/c1-2-32-23(29)14-8-9-18(25)21(10-14)28(33(30)31)22-13-27(15-6-4-3-5-7-15)20-12-17(24)19(26)11-16(20)22/h3-13,33H,2H2,1H3. The van der Waals surface area contributed by atoms with Gasteiger partial charge in [0.05, 0.1) is 34.1 Å². The maximum atomic E-state index is 14.8. The third kappa shape index (κ3) is 4.29. The molecule has 0 bridgehead atoms. The highest BCUT2D eigenvalue weighted by atomic mass is 35.5. The van der Waals surface area contributed by atoms with Crippen LogP contribution in [0.5, 0.6) is 0 Å². The van der Waals surface area contributed by atoms with E-state index in [1.165, 1.54) is 18.3 Å². The molecule has 4 rings (SSSR count). The summed E-state index contributed by atoms with van der Waals surface area (Å²) >= 11 is 5.99. The molecule has 0 aliphatic heterocycles. The molecule has 1 heterocycles. The number of hydrogen-bond acceptors (Lipinski definition) is 4. The van der Waals surface area contributed by atoms with E-state index in [9.17, 15) is 22.0 Å². The lowest BCUT2D eigenvalue weighted by Gasteiger charge is -2.18. The summed E-state index contributed by atoms with van der Waals surface area (Å²) in [6, 6.07) is 14.6. The number of rotatable bonds is 6. The van der Waals surface area contributed by atoms with Gasteiger partial charge in [-0.05, 0) is 49.4 Å². The van der Waals surface area contributed by atoms with Crippen LogP contribution in [0.4, 0.5) is 20.2 Å². The predicted octanol–water partition coefficient (Wildman–Crippen LogP) is 5.40. The van der Waals surface area contributed by atoms with Crippen molar-refractivity contribution in [3.05, 3.63) is 89.1 Å². The summed E-state index contributed by atoms with van der Waals surface area (Å²) in [5, 5.41) is 0.0266. The Morgan fingerprint density at radius 3 is 2.42 bits per heavy atom. The molecule has 0 N–H and O–H groups in total. The molecule has 0 saturated carbocycles. The van der Waals surface area contributed by atoms with Crippen LogP contribution in [0.3, 0.4) is 0 Å². The summed E-state index contributed by atoms with van der Waals surface area (Å²) < 4.78 is 61.2. The molecule has 0 radical (unpaired) electrons. The van der Waals surface area contributed by atoms with E-state index >= 15 is 0 Å². The van der Waals surface area contributed by atoms with E-state index in [2.05, 4.69) is 0 Å². The number of anilines is 2. The number of aromatic nitrogens is 1. The van der Waals surface area contributed by atoms with Gasteiger partial charge in [0.15, 0.2) is 0 Å². The fourth-order valence-corrected chi connectivity index (χ4v) is 4.32. The van der Waals surface area contributed by atoms with Crippen molar-refractivity contribution in [2.24, 2.45) is 0 Å². The zero-order chi connectivity index (χ0) is 23.7. The van der Waals surface area contributed by atoms with E-state index in [1.54, 1.807) is 41.8 Å². The first-order valence-electron chi connectivity index (χ1n) is 9.78. The van der Waals surface area contributed by atoms with Crippen molar-refractivity contribution in [1.29, 1.82) is 0 Å². The lowest BCUT2D eigenvalue weighted by atomic mass is 10.1. The fraction of sp³-hybridized carbons (Fsp3) is 0.0870. The first-order chi connectivity index (χ1) is 15.8. The van der Waals surface area contributed by atoms with Crippen LogP contribution in [0.2, 0.25) is 5.02 Å². The summed E-state index contributed by atoms with van der Waals surface area (Å²) in [5.41, 5.74) is 0.611. The number of fused-ring (bicyclic) bond motifs is 1. The minimum absolute atomic E-state index is 0.0135. The zero-order valence-electron chi connectivity index (χ0n) is 17.2. The van der Waals surface area contributed by atoms with E-state index in [1.807, 2.05) is 0 Å². The van der Waals surface area contributed by atoms with Crippen molar-refractivity contribution in [2.75, 3.05) is 10.9 Å². The Labute approximate surface area is 194 Å². The van der Waals surface area contributed by atoms with E-state index in [0.29, 0.717) is 15.5 Å². The molecule has 3 aromatic carbocycles. The second-order valence-corrected chi connectivity index (χ2v) is 8.22. The lowest BCUT2D eigenvalue weighted by Crippen LogP contribution is -2.17. The largest absolute Gasteiger partial charge is 0.462 e. The molecule has 4 aromatic rings. The molecule has 0 atom stereocenters. The normalized spacial score (nSPS) is 11.2. The smallest absolute Gasteiger partial charge is 0.338 e. The summed E-state index contributed by atoms with van der Waals surface area (Å²) in [6.07, 6.45) is 1.44. The zero-order valence-corrected chi connectivity index (χ0v) is 18.8. The average molecular weight is 491 g/mol. The van der Waals surface area contributed by atoms with Gasteiger partial charge in [0.1, 0.15) is 11.6 Å². The van der Waals surface area contributed by atoms with Gasteiger partial charge in [-0.1, -0.05) is 29.8 Å². The van der Waals surface area contributed by atoms with Gasteiger partial charge in [-0.15, -0.1) is 0 Å². The number of halogens is 3. The summed E-state index contributed by atoms with van der Waals surface area (Å²) in [7, 11) is -3.45. The van der Waals surface area contributed by atoms with Crippen molar-refractivity contribution in [1.82, 2.24) is 4.57 Å². The van der Waals surface area contributed by atoms with E-state index in [4.69, 9.17) is 16.3 Å². The molecule has 0 aliphatic carbocycles. The van der Waals surface area contributed by atoms with Crippen LogP contribution in [0.25, 0.3) is 16.6 Å². The Morgan fingerprint density at radius 1 is 1.03 bits per heavy atom. The van der Waals surface area contributed by atoms with Crippen molar-refractivity contribution in [3.8, 4) is 5.69 Å². The van der Waals surface area contributed by atoms with Crippen LogP contribution in [0.1, 0.15) is 17.3 Å². The van der Waals surface area contributed by atoms with Gasteiger partial charge in [0.25, 0.3) is 0 Å². The number of para-hydroxylation sites is 1. The second-order valence-electron chi connectivity index (χ2n) is 6.94.